The van der Waals surface area contributed by atoms with Crippen LogP contribution in [0.15, 0.2) is 12.2 Å². The standard InChI is InChI=1S/C13H20O5S/c1-13(2,3)17-12(14)10-8-5-6-9(7-8)11(10)18-19(4,15)16/h5-6,8-11H,7H2,1-4H3. The van der Waals surface area contributed by atoms with Crippen molar-refractivity contribution in [3.8, 4) is 0 Å². The summed E-state index contributed by atoms with van der Waals surface area (Å²) < 4.78 is 33.1. The van der Waals surface area contributed by atoms with Crippen molar-refractivity contribution in [3.05, 3.63) is 12.2 Å². The van der Waals surface area contributed by atoms with E-state index < -0.39 is 27.7 Å². The second-order valence-corrected chi connectivity index (χ2v) is 7.87. The Bertz CT molecular complexity index is 500. The summed E-state index contributed by atoms with van der Waals surface area (Å²) in [4.78, 5) is 12.2. The molecular weight excluding hydrogens is 268 g/mol. The first kappa shape index (κ1) is 14.5. The molecule has 2 aliphatic rings. The molecule has 6 heteroatoms. The fourth-order valence-corrected chi connectivity index (χ4v) is 3.45. The minimum absolute atomic E-state index is 0.0164. The average Bonchev–Trinajstić information content (AvgIpc) is 2.71. The van der Waals surface area contributed by atoms with Crippen LogP contribution in [0.4, 0.5) is 0 Å². The molecule has 0 aromatic carbocycles. The lowest BCUT2D eigenvalue weighted by Gasteiger charge is -2.29. The lowest BCUT2D eigenvalue weighted by molar-refractivity contribution is -0.163. The predicted molar refractivity (Wildman–Crippen MR) is 69.8 cm³/mol. The van der Waals surface area contributed by atoms with Crippen molar-refractivity contribution < 1.29 is 22.1 Å². The summed E-state index contributed by atoms with van der Waals surface area (Å²) in [7, 11) is -3.58. The molecule has 4 unspecified atom stereocenters. The molecule has 5 nitrogen and oxygen atoms in total. The molecule has 0 aromatic heterocycles. The van der Waals surface area contributed by atoms with E-state index in [0.717, 1.165) is 12.7 Å². The molecule has 0 N–H and O–H groups in total. The Labute approximate surface area is 114 Å². The van der Waals surface area contributed by atoms with Gasteiger partial charge in [0.2, 0.25) is 0 Å². The summed E-state index contributed by atoms with van der Waals surface area (Å²) in [5.41, 5.74) is -0.585. The highest BCUT2D eigenvalue weighted by Gasteiger charge is 2.51. The van der Waals surface area contributed by atoms with E-state index in [1.807, 2.05) is 12.2 Å². The third-order valence-corrected chi connectivity index (χ3v) is 3.92. The van der Waals surface area contributed by atoms with Gasteiger partial charge in [-0.2, -0.15) is 8.42 Å². The van der Waals surface area contributed by atoms with Gasteiger partial charge in [0.15, 0.2) is 0 Å². The highest BCUT2D eigenvalue weighted by molar-refractivity contribution is 7.86. The van der Waals surface area contributed by atoms with Crippen LogP contribution in [-0.2, 0) is 23.8 Å². The zero-order valence-electron chi connectivity index (χ0n) is 11.6. The second kappa shape index (κ2) is 4.59. The van der Waals surface area contributed by atoms with E-state index in [1.165, 1.54) is 0 Å². The normalized spacial score (nSPS) is 33.7. The highest BCUT2D eigenvalue weighted by atomic mass is 32.2. The van der Waals surface area contributed by atoms with Crippen molar-refractivity contribution in [2.75, 3.05) is 6.26 Å². The minimum Gasteiger partial charge on any atom is -0.460 e. The summed E-state index contributed by atoms with van der Waals surface area (Å²) >= 11 is 0. The predicted octanol–water partition coefficient (Wildman–Crippen LogP) is 1.50. The fourth-order valence-electron chi connectivity index (χ4n) is 2.79. The molecule has 0 amide bonds. The van der Waals surface area contributed by atoms with Crippen molar-refractivity contribution in [1.29, 1.82) is 0 Å². The number of hydrogen-bond acceptors (Lipinski definition) is 5. The van der Waals surface area contributed by atoms with Gasteiger partial charge in [-0.15, -0.1) is 0 Å². The molecular formula is C13H20O5S. The monoisotopic (exact) mass is 288 g/mol. The van der Waals surface area contributed by atoms with Crippen molar-refractivity contribution in [2.24, 2.45) is 17.8 Å². The minimum atomic E-state index is -3.58. The van der Waals surface area contributed by atoms with Gasteiger partial charge in [-0.3, -0.25) is 8.98 Å². The van der Waals surface area contributed by atoms with Gasteiger partial charge in [-0.25, -0.2) is 0 Å². The maximum Gasteiger partial charge on any atom is 0.312 e. The molecule has 2 aliphatic carbocycles. The smallest absolute Gasteiger partial charge is 0.312 e. The molecule has 1 saturated carbocycles. The number of carbonyl (C=O) groups excluding carboxylic acids is 1. The third kappa shape index (κ3) is 3.36. The first-order valence-corrected chi connectivity index (χ1v) is 8.18. The van der Waals surface area contributed by atoms with E-state index in [4.69, 9.17) is 8.92 Å². The Balaban J connectivity index is 2.18. The van der Waals surface area contributed by atoms with Crippen LogP contribution < -0.4 is 0 Å². The Hall–Kier alpha value is -0.880. The number of fused-ring (bicyclic) bond motifs is 2. The maximum absolute atomic E-state index is 12.2. The van der Waals surface area contributed by atoms with Crippen LogP contribution in [0.3, 0.4) is 0 Å². The second-order valence-electron chi connectivity index (χ2n) is 6.27. The largest absolute Gasteiger partial charge is 0.460 e. The molecule has 0 aliphatic heterocycles. The Morgan fingerprint density at radius 3 is 2.32 bits per heavy atom. The van der Waals surface area contributed by atoms with E-state index >= 15 is 0 Å². The summed E-state index contributed by atoms with van der Waals surface area (Å²) in [6.07, 6.45) is 5.03. The van der Waals surface area contributed by atoms with E-state index in [-0.39, 0.29) is 17.8 Å². The van der Waals surface area contributed by atoms with Gasteiger partial charge < -0.3 is 4.74 Å². The average molecular weight is 288 g/mol. The third-order valence-electron chi connectivity index (χ3n) is 3.35. The molecule has 1 fully saturated rings. The topological polar surface area (TPSA) is 69.7 Å². The lowest BCUT2D eigenvalue weighted by atomic mass is 9.91. The number of esters is 1. The van der Waals surface area contributed by atoms with Crippen LogP contribution in [0.5, 0.6) is 0 Å². The summed E-state index contributed by atoms with van der Waals surface area (Å²) in [5.74, 6) is -0.897. The molecule has 0 heterocycles. The Kier molecular flexibility index (Phi) is 3.51. The Morgan fingerprint density at radius 1 is 1.21 bits per heavy atom. The van der Waals surface area contributed by atoms with Crippen molar-refractivity contribution >= 4 is 16.1 Å². The molecule has 0 saturated heterocycles. The number of carbonyl (C=O) groups is 1. The van der Waals surface area contributed by atoms with E-state index in [0.29, 0.717) is 0 Å². The number of allylic oxidation sites excluding steroid dienone is 1. The highest BCUT2D eigenvalue weighted by Crippen LogP contribution is 2.46. The fraction of sp³-hybridized carbons (Fsp3) is 0.769. The van der Waals surface area contributed by atoms with Gasteiger partial charge in [0.05, 0.1) is 18.3 Å². The summed E-state index contributed by atoms with van der Waals surface area (Å²) in [6.45, 7) is 5.38. The molecule has 19 heavy (non-hydrogen) atoms. The van der Waals surface area contributed by atoms with Crippen LogP contribution >= 0.6 is 0 Å². The zero-order valence-corrected chi connectivity index (χ0v) is 12.4. The van der Waals surface area contributed by atoms with Crippen LogP contribution in [0.2, 0.25) is 0 Å². The number of rotatable bonds is 3. The number of ether oxygens (including phenoxy) is 1. The summed E-state index contributed by atoms with van der Waals surface area (Å²) in [6, 6.07) is 0. The van der Waals surface area contributed by atoms with Gasteiger partial charge in [0, 0.05) is 5.92 Å². The van der Waals surface area contributed by atoms with Crippen molar-refractivity contribution in [1.82, 2.24) is 0 Å². The quantitative estimate of drug-likeness (QED) is 0.447. The van der Waals surface area contributed by atoms with E-state index in [1.54, 1.807) is 20.8 Å². The molecule has 2 rings (SSSR count). The molecule has 0 aromatic rings. The van der Waals surface area contributed by atoms with E-state index in [2.05, 4.69) is 0 Å². The van der Waals surface area contributed by atoms with E-state index in [9.17, 15) is 13.2 Å². The van der Waals surface area contributed by atoms with Crippen LogP contribution in [-0.4, -0.2) is 32.3 Å². The molecule has 4 atom stereocenters. The van der Waals surface area contributed by atoms with Crippen molar-refractivity contribution in [3.63, 3.8) is 0 Å². The van der Waals surface area contributed by atoms with Gasteiger partial charge >= 0.3 is 5.97 Å². The molecule has 0 spiro atoms. The van der Waals surface area contributed by atoms with Crippen LogP contribution in [0.25, 0.3) is 0 Å². The lowest BCUT2D eigenvalue weighted by Crippen LogP contribution is -2.39. The van der Waals surface area contributed by atoms with Crippen LogP contribution in [0, 0.1) is 17.8 Å². The SMILES string of the molecule is CC(C)(C)OC(=O)C1C2C=CC(C2)C1OS(C)(=O)=O. The Morgan fingerprint density at radius 2 is 1.79 bits per heavy atom. The van der Waals surface area contributed by atoms with Gasteiger partial charge in [-0.1, -0.05) is 12.2 Å². The first-order valence-electron chi connectivity index (χ1n) is 6.36. The molecule has 0 radical (unpaired) electrons. The summed E-state index contributed by atoms with van der Waals surface area (Å²) in [5, 5.41) is 0. The zero-order chi connectivity index (χ0) is 14.4. The van der Waals surface area contributed by atoms with Gasteiger partial charge in [0.25, 0.3) is 10.1 Å². The molecule has 108 valence electrons. The number of hydrogen-bond donors (Lipinski definition) is 0. The van der Waals surface area contributed by atoms with Crippen LogP contribution in [0.1, 0.15) is 27.2 Å². The van der Waals surface area contributed by atoms with Gasteiger partial charge in [0.1, 0.15) is 5.60 Å². The maximum atomic E-state index is 12.2. The molecule has 2 bridgehead atoms. The first-order chi connectivity index (χ1) is 8.57. The van der Waals surface area contributed by atoms with Gasteiger partial charge in [-0.05, 0) is 33.1 Å². The van der Waals surface area contributed by atoms with Crippen molar-refractivity contribution in [2.45, 2.75) is 38.9 Å².